The van der Waals surface area contributed by atoms with E-state index in [0.29, 0.717) is 0 Å². The van der Waals surface area contributed by atoms with Gasteiger partial charge in [-0.25, -0.2) is 0 Å². The lowest BCUT2D eigenvalue weighted by Gasteiger charge is -2.10. The maximum Gasteiger partial charge on any atom is 0.0540 e. The standard InChI is InChI=1S/C21H36O/c1-3-5-7-9-11-13-15-17-19-21(22)20-18-16-14-12-10-8-6-4-2/h1-2,21-22H,5-20H2. The Labute approximate surface area is 139 Å². The van der Waals surface area contributed by atoms with E-state index in [1.165, 1.54) is 77.0 Å². The van der Waals surface area contributed by atoms with Gasteiger partial charge in [0.1, 0.15) is 0 Å². The molecule has 1 N–H and O–H groups in total. The summed E-state index contributed by atoms with van der Waals surface area (Å²) >= 11 is 0. The van der Waals surface area contributed by atoms with E-state index < -0.39 is 0 Å². The Morgan fingerprint density at radius 2 is 0.864 bits per heavy atom. The molecule has 0 aromatic heterocycles. The Kier molecular flexibility index (Phi) is 17.4. The highest BCUT2D eigenvalue weighted by atomic mass is 16.3. The molecule has 22 heavy (non-hydrogen) atoms. The second-order valence-electron chi connectivity index (χ2n) is 6.38. The molecule has 0 saturated heterocycles. The fraction of sp³-hybridized carbons (Fsp3) is 0.810. The van der Waals surface area contributed by atoms with Crippen LogP contribution in [-0.2, 0) is 0 Å². The minimum atomic E-state index is -0.0807. The molecule has 0 fully saturated rings. The first kappa shape index (κ1) is 21.1. The van der Waals surface area contributed by atoms with E-state index in [9.17, 15) is 5.11 Å². The normalized spacial score (nSPS) is 10.5. The Balaban J connectivity index is 3.15. The lowest BCUT2D eigenvalue weighted by atomic mass is 10.0. The topological polar surface area (TPSA) is 20.2 Å². The summed E-state index contributed by atoms with van der Waals surface area (Å²) in [7, 11) is 0. The van der Waals surface area contributed by atoms with Crippen molar-refractivity contribution in [2.24, 2.45) is 0 Å². The molecule has 0 aliphatic carbocycles. The van der Waals surface area contributed by atoms with E-state index in [-0.39, 0.29) is 6.10 Å². The molecular weight excluding hydrogens is 268 g/mol. The first-order valence-electron chi connectivity index (χ1n) is 9.36. The van der Waals surface area contributed by atoms with Gasteiger partial charge in [0.25, 0.3) is 0 Å². The van der Waals surface area contributed by atoms with Crippen LogP contribution in [-0.4, -0.2) is 11.2 Å². The first-order chi connectivity index (χ1) is 10.8. The van der Waals surface area contributed by atoms with Crippen LogP contribution in [0.5, 0.6) is 0 Å². The zero-order valence-electron chi connectivity index (χ0n) is 14.5. The van der Waals surface area contributed by atoms with Crippen molar-refractivity contribution in [1.82, 2.24) is 0 Å². The van der Waals surface area contributed by atoms with Crippen molar-refractivity contribution in [3.63, 3.8) is 0 Å². The van der Waals surface area contributed by atoms with Gasteiger partial charge in [0.2, 0.25) is 0 Å². The number of terminal acetylenes is 2. The molecule has 0 bridgehead atoms. The summed E-state index contributed by atoms with van der Waals surface area (Å²) in [6, 6.07) is 0. The third-order valence-electron chi connectivity index (χ3n) is 4.22. The summed E-state index contributed by atoms with van der Waals surface area (Å²) in [5.74, 6) is 5.37. The van der Waals surface area contributed by atoms with Gasteiger partial charge in [0.05, 0.1) is 6.10 Å². The van der Waals surface area contributed by atoms with E-state index in [0.717, 1.165) is 25.7 Å². The highest BCUT2D eigenvalue weighted by molar-refractivity contribution is 4.83. The minimum Gasteiger partial charge on any atom is -0.393 e. The summed E-state index contributed by atoms with van der Waals surface area (Å²) in [4.78, 5) is 0. The van der Waals surface area contributed by atoms with Gasteiger partial charge in [0, 0.05) is 12.8 Å². The SMILES string of the molecule is C#CCCCCCCCCC(O)CCCCCCCCC#C. The predicted octanol–water partition coefficient (Wildman–Crippen LogP) is 5.86. The molecule has 0 saturated carbocycles. The maximum absolute atomic E-state index is 9.95. The van der Waals surface area contributed by atoms with Gasteiger partial charge in [0.15, 0.2) is 0 Å². The zero-order valence-corrected chi connectivity index (χ0v) is 14.5. The largest absolute Gasteiger partial charge is 0.393 e. The van der Waals surface area contributed by atoms with E-state index in [1.54, 1.807) is 0 Å². The molecule has 1 nitrogen and oxygen atoms in total. The van der Waals surface area contributed by atoms with Crippen molar-refractivity contribution in [2.75, 3.05) is 0 Å². The van der Waals surface area contributed by atoms with Gasteiger partial charge < -0.3 is 5.11 Å². The van der Waals surface area contributed by atoms with Crippen molar-refractivity contribution in [2.45, 2.75) is 109 Å². The Hall–Kier alpha value is -0.920. The lowest BCUT2D eigenvalue weighted by molar-refractivity contribution is 0.147. The molecule has 0 spiro atoms. The van der Waals surface area contributed by atoms with Crippen LogP contribution in [0.1, 0.15) is 103 Å². The number of hydrogen-bond acceptors (Lipinski definition) is 1. The fourth-order valence-electron chi connectivity index (χ4n) is 2.77. The summed E-state index contributed by atoms with van der Waals surface area (Å²) in [6.45, 7) is 0. The van der Waals surface area contributed by atoms with Crippen molar-refractivity contribution >= 4 is 0 Å². The molecule has 0 atom stereocenters. The van der Waals surface area contributed by atoms with Crippen LogP contribution in [0, 0.1) is 24.7 Å². The summed E-state index contributed by atoms with van der Waals surface area (Å²) in [5.41, 5.74) is 0. The van der Waals surface area contributed by atoms with Gasteiger partial charge in [-0.15, -0.1) is 24.7 Å². The molecule has 0 unspecified atom stereocenters. The second kappa shape index (κ2) is 18.1. The molecule has 0 radical (unpaired) electrons. The predicted molar refractivity (Wildman–Crippen MR) is 97.5 cm³/mol. The van der Waals surface area contributed by atoms with E-state index >= 15 is 0 Å². The van der Waals surface area contributed by atoms with Crippen molar-refractivity contribution in [3.8, 4) is 24.7 Å². The van der Waals surface area contributed by atoms with E-state index in [4.69, 9.17) is 12.8 Å². The molecule has 0 aliphatic heterocycles. The molecule has 0 aromatic rings. The van der Waals surface area contributed by atoms with Crippen LogP contribution >= 0.6 is 0 Å². The summed E-state index contributed by atoms with van der Waals surface area (Å²) in [6.07, 6.45) is 29.0. The van der Waals surface area contributed by atoms with E-state index in [1.807, 2.05) is 0 Å². The molecular formula is C21H36O. The highest BCUT2D eigenvalue weighted by Crippen LogP contribution is 2.14. The zero-order chi connectivity index (χ0) is 16.3. The average molecular weight is 305 g/mol. The molecule has 0 amide bonds. The van der Waals surface area contributed by atoms with Gasteiger partial charge in [-0.05, 0) is 25.7 Å². The van der Waals surface area contributed by atoms with Crippen molar-refractivity contribution < 1.29 is 5.11 Å². The summed E-state index contributed by atoms with van der Waals surface area (Å²) < 4.78 is 0. The average Bonchev–Trinajstić information content (AvgIpc) is 2.52. The quantitative estimate of drug-likeness (QED) is 0.280. The van der Waals surface area contributed by atoms with Crippen LogP contribution in [0.25, 0.3) is 0 Å². The highest BCUT2D eigenvalue weighted by Gasteiger charge is 2.03. The van der Waals surface area contributed by atoms with E-state index in [2.05, 4.69) is 11.8 Å². The van der Waals surface area contributed by atoms with Gasteiger partial charge in [-0.2, -0.15) is 0 Å². The fourth-order valence-corrected chi connectivity index (χ4v) is 2.77. The molecule has 0 heterocycles. The molecule has 1 heteroatoms. The maximum atomic E-state index is 9.95. The van der Waals surface area contributed by atoms with Crippen LogP contribution < -0.4 is 0 Å². The molecule has 0 rings (SSSR count). The van der Waals surface area contributed by atoms with Crippen LogP contribution in [0.4, 0.5) is 0 Å². The third-order valence-corrected chi connectivity index (χ3v) is 4.22. The summed E-state index contributed by atoms with van der Waals surface area (Å²) in [5, 5.41) is 9.95. The molecule has 0 aromatic carbocycles. The van der Waals surface area contributed by atoms with Gasteiger partial charge in [-0.3, -0.25) is 0 Å². The van der Waals surface area contributed by atoms with Gasteiger partial charge in [-0.1, -0.05) is 64.2 Å². The minimum absolute atomic E-state index is 0.0807. The number of hydrogen-bond donors (Lipinski definition) is 1. The Morgan fingerprint density at radius 1 is 0.545 bits per heavy atom. The number of aliphatic hydroxyl groups is 1. The smallest absolute Gasteiger partial charge is 0.0540 e. The second-order valence-corrected chi connectivity index (χ2v) is 6.38. The van der Waals surface area contributed by atoms with Crippen LogP contribution in [0.15, 0.2) is 0 Å². The number of rotatable bonds is 16. The number of aliphatic hydroxyl groups excluding tert-OH is 1. The van der Waals surface area contributed by atoms with Crippen LogP contribution in [0.2, 0.25) is 0 Å². The Morgan fingerprint density at radius 3 is 1.23 bits per heavy atom. The third kappa shape index (κ3) is 17.1. The van der Waals surface area contributed by atoms with Gasteiger partial charge >= 0.3 is 0 Å². The monoisotopic (exact) mass is 304 g/mol. The van der Waals surface area contributed by atoms with Crippen molar-refractivity contribution in [3.05, 3.63) is 0 Å². The first-order valence-corrected chi connectivity index (χ1v) is 9.36. The molecule has 0 aliphatic rings. The number of unbranched alkanes of at least 4 members (excludes halogenated alkanes) is 12. The van der Waals surface area contributed by atoms with Crippen LogP contribution in [0.3, 0.4) is 0 Å². The van der Waals surface area contributed by atoms with Crippen molar-refractivity contribution in [1.29, 1.82) is 0 Å². The Bertz CT molecular complexity index is 264. The molecule has 126 valence electrons. The lowest BCUT2D eigenvalue weighted by Crippen LogP contribution is -2.05.